The maximum atomic E-state index is 3.60. The topological polar surface area (TPSA) is 0 Å². The molecule has 19 heavy (non-hydrogen) atoms. The number of allylic oxidation sites excluding steroid dienone is 8. The summed E-state index contributed by atoms with van der Waals surface area (Å²) in [4.78, 5) is 0. The van der Waals surface area contributed by atoms with E-state index in [-0.39, 0.29) is 0 Å². The largest absolute Gasteiger partial charge is 0.0806 e. The van der Waals surface area contributed by atoms with Crippen molar-refractivity contribution in [2.75, 3.05) is 0 Å². The Morgan fingerprint density at radius 1 is 0.789 bits per heavy atom. The molecule has 0 aliphatic heterocycles. The highest BCUT2D eigenvalue weighted by Crippen LogP contribution is 2.37. The van der Waals surface area contributed by atoms with Crippen molar-refractivity contribution < 1.29 is 0 Å². The van der Waals surface area contributed by atoms with Crippen molar-refractivity contribution in [1.82, 2.24) is 0 Å². The molecule has 102 valence electrons. The van der Waals surface area contributed by atoms with E-state index in [0.717, 1.165) is 19.3 Å². The Morgan fingerprint density at radius 3 is 1.47 bits per heavy atom. The monoisotopic (exact) mass is 286 g/mol. The van der Waals surface area contributed by atoms with Gasteiger partial charge >= 0.3 is 0 Å². The van der Waals surface area contributed by atoms with E-state index in [9.17, 15) is 0 Å². The second-order valence-electron chi connectivity index (χ2n) is 7.63. The summed E-state index contributed by atoms with van der Waals surface area (Å²) in [6, 6.07) is 0. The van der Waals surface area contributed by atoms with Crippen LogP contribution in [-0.4, -0.2) is 16.1 Å². The summed E-state index contributed by atoms with van der Waals surface area (Å²) in [6.07, 6.45) is 15.1. The first-order chi connectivity index (χ1) is 8.69. The fourth-order valence-electron chi connectivity index (χ4n) is 3.00. The molecule has 0 unspecified atom stereocenters. The van der Waals surface area contributed by atoms with E-state index < -0.39 is 16.1 Å². The van der Waals surface area contributed by atoms with Crippen molar-refractivity contribution in [1.29, 1.82) is 0 Å². The molecule has 0 nitrogen and oxygen atoms in total. The minimum Gasteiger partial charge on any atom is -0.0806 e. The van der Waals surface area contributed by atoms with Crippen LogP contribution in [0.1, 0.15) is 19.3 Å². The van der Waals surface area contributed by atoms with Crippen LogP contribution in [0.25, 0.3) is 0 Å². The van der Waals surface area contributed by atoms with Crippen LogP contribution in [-0.2, 0) is 0 Å². The lowest BCUT2D eigenvalue weighted by molar-refractivity contribution is 1.16. The summed E-state index contributed by atoms with van der Waals surface area (Å²) in [5, 5.41) is 3.26. The Morgan fingerprint density at radius 2 is 1.16 bits per heavy atom. The molecule has 2 aliphatic carbocycles. The van der Waals surface area contributed by atoms with E-state index in [4.69, 9.17) is 0 Å². The zero-order valence-electron chi connectivity index (χ0n) is 13.3. The van der Waals surface area contributed by atoms with Crippen LogP contribution in [0.15, 0.2) is 33.7 Å². The highest BCUT2D eigenvalue weighted by atomic mass is 28.3. The van der Waals surface area contributed by atoms with Crippen molar-refractivity contribution >= 4 is 16.1 Å². The summed E-state index contributed by atoms with van der Waals surface area (Å²) < 4.78 is 0. The molecular formula is C17H26Si2. The van der Waals surface area contributed by atoms with Crippen LogP contribution < -0.4 is 0 Å². The van der Waals surface area contributed by atoms with Crippen molar-refractivity contribution in [2.45, 2.75) is 58.5 Å². The average Bonchev–Trinajstić information content (AvgIpc) is 2.83. The molecule has 0 heterocycles. The van der Waals surface area contributed by atoms with Gasteiger partial charge in [-0.1, -0.05) is 61.8 Å². The van der Waals surface area contributed by atoms with Crippen LogP contribution in [0.3, 0.4) is 0 Å². The molecule has 0 N–H and O–H groups in total. The fourth-order valence-corrected chi connectivity index (χ4v) is 6.59. The van der Waals surface area contributed by atoms with Gasteiger partial charge < -0.3 is 0 Å². The lowest BCUT2D eigenvalue weighted by Crippen LogP contribution is -2.26. The molecule has 2 heteroatoms. The van der Waals surface area contributed by atoms with E-state index in [1.807, 2.05) is 0 Å². The molecule has 0 fully saturated rings. The van der Waals surface area contributed by atoms with E-state index in [0.29, 0.717) is 0 Å². The summed E-state index contributed by atoms with van der Waals surface area (Å²) in [6.45, 7) is 14.6. The number of hydrogen-bond acceptors (Lipinski definition) is 0. The molecule has 0 saturated carbocycles. The third kappa shape index (κ3) is 3.29. The minimum absolute atomic E-state index is 1.02. The molecule has 0 amide bonds. The molecule has 2 radical (unpaired) electrons. The van der Waals surface area contributed by atoms with Crippen LogP contribution in [0, 0.1) is 12.2 Å². The highest BCUT2D eigenvalue weighted by Gasteiger charge is 2.29. The maximum Gasteiger partial charge on any atom is 0.0775 e. The van der Waals surface area contributed by atoms with Gasteiger partial charge in [0.05, 0.1) is 16.1 Å². The van der Waals surface area contributed by atoms with Crippen LogP contribution in [0.2, 0.25) is 39.3 Å². The molecular weight excluding hydrogens is 260 g/mol. The number of rotatable bonds is 4. The van der Waals surface area contributed by atoms with Crippen LogP contribution >= 0.6 is 0 Å². The van der Waals surface area contributed by atoms with Crippen LogP contribution in [0.5, 0.6) is 0 Å². The van der Waals surface area contributed by atoms with E-state index >= 15 is 0 Å². The molecule has 0 aromatic rings. The lowest BCUT2D eigenvalue weighted by Gasteiger charge is -2.25. The second-order valence-corrected chi connectivity index (χ2v) is 17.7. The third-order valence-corrected chi connectivity index (χ3v) is 8.11. The predicted octanol–water partition coefficient (Wildman–Crippen LogP) is 5.25. The van der Waals surface area contributed by atoms with E-state index in [2.05, 4.69) is 63.6 Å². The predicted molar refractivity (Wildman–Crippen MR) is 90.2 cm³/mol. The molecule has 0 spiro atoms. The quantitative estimate of drug-likeness (QED) is 0.619. The van der Waals surface area contributed by atoms with E-state index in [1.54, 1.807) is 10.4 Å². The average molecular weight is 287 g/mol. The molecule has 0 aromatic carbocycles. The zero-order chi connectivity index (χ0) is 14.3. The molecule has 2 aliphatic rings. The van der Waals surface area contributed by atoms with Gasteiger partial charge in [-0.3, -0.25) is 0 Å². The van der Waals surface area contributed by atoms with Gasteiger partial charge in [-0.15, -0.1) is 0 Å². The summed E-state index contributed by atoms with van der Waals surface area (Å²) in [5.41, 5.74) is 2.96. The molecule has 2 rings (SSSR count). The number of hydrogen-bond donors (Lipinski definition) is 0. The zero-order valence-corrected chi connectivity index (χ0v) is 15.3. The molecule has 0 atom stereocenters. The van der Waals surface area contributed by atoms with Gasteiger partial charge in [0.15, 0.2) is 0 Å². The van der Waals surface area contributed by atoms with Gasteiger partial charge in [-0.2, -0.15) is 0 Å². The van der Waals surface area contributed by atoms with Gasteiger partial charge in [0.25, 0.3) is 0 Å². The summed E-state index contributed by atoms with van der Waals surface area (Å²) >= 11 is 0. The van der Waals surface area contributed by atoms with Crippen molar-refractivity contribution in [3.63, 3.8) is 0 Å². The van der Waals surface area contributed by atoms with E-state index in [1.165, 1.54) is 11.1 Å². The standard InChI is InChI=1S/C17H26Si2/c1-18(2,3)16-11-7-9-14(16)13-15-10-8-12-17(15)19(4,5)6/h11-12H,7-8,13H2,1-6H3. The van der Waals surface area contributed by atoms with Gasteiger partial charge in [0.2, 0.25) is 0 Å². The SMILES string of the molecule is C[Si](C)(C)C1=CC[C]=C1CC1=[C]CC=C1[Si](C)(C)C. The molecule has 0 aromatic heterocycles. The lowest BCUT2D eigenvalue weighted by atomic mass is 10.1. The normalized spacial score (nSPS) is 20.1. The smallest absolute Gasteiger partial charge is 0.0775 e. The Labute approximate surface area is 121 Å². The Bertz CT molecular complexity index is 442. The van der Waals surface area contributed by atoms with Gasteiger partial charge in [-0.05, 0) is 42.6 Å². The Hall–Kier alpha value is -0.606. The summed E-state index contributed by atoms with van der Waals surface area (Å²) in [7, 11) is -2.43. The Balaban J connectivity index is 2.16. The van der Waals surface area contributed by atoms with Crippen molar-refractivity contribution in [3.05, 3.63) is 45.8 Å². The van der Waals surface area contributed by atoms with Gasteiger partial charge in [-0.25, -0.2) is 0 Å². The first-order valence-corrected chi connectivity index (χ1v) is 14.3. The minimum atomic E-state index is -1.21. The highest BCUT2D eigenvalue weighted by molar-refractivity contribution is 6.84. The molecule has 0 saturated heterocycles. The molecule has 0 bridgehead atoms. The first-order valence-electron chi connectivity index (χ1n) is 7.31. The van der Waals surface area contributed by atoms with Crippen LogP contribution in [0.4, 0.5) is 0 Å². The first kappa shape index (κ1) is 14.8. The van der Waals surface area contributed by atoms with Crippen molar-refractivity contribution in [3.8, 4) is 0 Å². The van der Waals surface area contributed by atoms with Crippen molar-refractivity contribution in [2.24, 2.45) is 0 Å². The maximum absolute atomic E-state index is 3.60. The summed E-state index contributed by atoms with van der Waals surface area (Å²) in [5.74, 6) is 0. The van der Waals surface area contributed by atoms with Gasteiger partial charge in [0, 0.05) is 0 Å². The fraction of sp³-hybridized carbons (Fsp3) is 0.529. The second kappa shape index (κ2) is 5.06. The third-order valence-electron chi connectivity index (χ3n) is 3.86. The van der Waals surface area contributed by atoms with Gasteiger partial charge in [0.1, 0.15) is 0 Å². The Kier molecular flexibility index (Phi) is 3.94.